The Morgan fingerprint density at radius 2 is 1.85 bits per heavy atom. The van der Waals surface area contributed by atoms with Gasteiger partial charge in [-0.3, -0.25) is 9.69 Å². The Bertz CT molecular complexity index is 1200. The van der Waals surface area contributed by atoms with E-state index in [1.165, 1.54) is 17.4 Å². The van der Waals surface area contributed by atoms with E-state index in [1.807, 2.05) is 12.1 Å². The minimum atomic E-state index is -0.205. The van der Waals surface area contributed by atoms with Gasteiger partial charge in [0.25, 0.3) is 5.91 Å². The van der Waals surface area contributed by atoms with E-state index in [9.17, 15) is 4.79 Å². The summed E-state index contributed by atoms with van der Waals surface area (Å²) in [6.45, 7) is 4.19. The first-order chi connectivity index (χ1) is 16.5. The van der Waals surface area contributed by atoms with Crippen LogP contribution in [0.25, 0.3) is 0 Å². The van der Waals surface area contributed by atoms with Crippen molar-refractivity contribution in [2.75, 3.05) is 61.3 Å². The number of fused-ring (bicyclic) bond motifs is 1. The second kappa shape index (κ2) is 9.69. The van der Waals surface area contributed by atoms with E-state index in [-0.39, 0.29) is 5.91 Å². The molecule has 2 aromatic carbocycles. The number of aromatic nitrogens is 2. The molecule has 0 bridgehead atoms. The number of nitrogens with one attached hydrogen (secondary N) is 1. The Kier molecular flexibility index (Phi) is 6.49. The Morgan fingerprint density at radius 3 is 2.59 bits per heavy atom. The maximum Gasteiger partial charge on any atom is 0.263 e. The number of hydrogen-bond acceptors (Lipinski definition) is 8. The zero-order valence-electron chi connectivity index (χ0n) is 19.0. The molecule has 1 N–H and O–H groups in total. The number of para-hydroxylation sites is 1. The molecule has 2 aliphatic heterocycles. The van der Waals surface area contributed by atoms with Gasteiger partial charge in [-0.25, -0.2) is 9.97 Å². The van der Waals surface area contributed by atoms with Crippen molar-refractivity contribution in [3.8, 4) is 5.75 Å². The van der Waals surface area contributed by atoms with E-state index in [2.05, 4.69) is 44.3 Å². The summed E-state index contributed by atoms with van der Waals surface area (Å²) in [7, 11) is 3.71. The topological polar surface area (TPSA) is 73.8 Å². The van der Waals surface area contributed by atoms with Crippen molar-refractivity contribution < 1.29 is 9.53 Å². The van der Waals surface area contributed by atoms with Crippen LogP contribution in [0.2, 0.25) is 5.02 Å². The number of carbonyl (C=O) groups excluding carboxylic acids is 1. The molecule has 3 aromatic rings. The van der Waals surface area contributed by atoms with E-state index in [4.69, 9.17) is 16.3 Å². The van der Waals surface area contributed by atoms with Crippen molar-refractivity contribution in [1.82, 2.24) is 14.9 Å². The van der Waals surface area contributed by atoms with Gasteiger partial charge >= 0.3 is 0 Å². The molecule has 0 spiro atoms. The third kappa shape index (κ3) is 4.51. The lowest BCUT2D eigenvalue weighted by Crippen LogP contribution is -2.44. The Hall–Kier alpha value is -3.01. The van der Waals surface area contributed by atoms with E-state index in [1.54, 1.807) is 36.4 Å². The van der Waals surface area contributed by atoms with Crippen LogP contribution in [0.5, 0.6) is 5.75 Å². The third-order valence-electron chi connectivity index (χ3n) is 5.99. The molecule has 0 radical (unpaired) electrons. The van der Waals surface area contributed by atoms with Crippen molar-refractivity contribution in [1.29, 1.82) is 0 Å². The Morgan fingerprint density at radius 1 is 1.09 bits per heavy atom. The van der Waals surface area contributed by atoms with Crippen LogP contribution in [0.1, 0.15) is 10.4 Å². The molecule has 34 heavy (non-hydrogen) atoms. The fourth-order valence-electron chi connectivity index (χ4n) is 4.05. The van der Waals surface area contributed by atoms with Gasteiger partial charge in [0.2, 0.25) is 5.95 Å². The number of benzene rings is 2. The van der Waals surface area contributed by atoms with E-state index < -0.39 is 0 Å². The molecule has 1 aromatic heterocycles. The van der Waals surface area contributed by atoms with Crippen LogP contribution in [-0.4, -0.2) is 67.0 Å². The van der Waals surface area contributed by atoms with E-state index >= 15 is 0 Å². The maximum atomic E-state index is 13.2. The molecule has 3 heterocycles. The van der Waals surface area contributed by atoms with Crippen LogP contribution in [0, 0.1) is 0 Å². The molecule has 0 atom stereocenters. The summed E-state index contributed by atoms with van der Waals surface area (Å²) in [5, 5.41) is 4.34. The molecule has 10 heteroatoms. The Labute approximate surface area is 207 Å². The van der Waals surface area contributed by atoms with Gasteiger partial charge in [0, 0.05) is 43.8 Å². The molecular weight excluding hydrogens is 472 g/mol. The molecule has 0 saturated carbocycles. The first kappa shape index (κ1) is 22.8. The minimum absolute atomic E-state index is 0.205. The fraction of sp³-hybridized carbons (Fsp3) is 0.292. The molecule has 5 rings (SSSR count). The zero-order valence-corrected chi connectivity index (χ0v) is 20.6. The summed E-state index contributed by atoms with van der Waals surface area (Å²) >= 11 is 7.85. The number of thioether (sulfide) groups is 1. The molecule has 1 fully saturated rings. The number of likely N-dealkylation sites (N-methyl/N-ethyl adjacent to an activating group) is 1. The van der Waals surface area contributed by atoms with Crippen LogP contribution >= 0.6 is 23.4 Å². The summed E-state index contributed by atoms with van der Waals surface area (Å²) in [5.74, 6) is 1.17. The van der Waals surface area contributed by atoms with Crippen LogP contribution in [0.3, 0.4) is 0 Å². The summed E-state index contributed by atoms with van der Waals surface area (Å²) < 4.78 is 5.42. The van der Waals surface area contributed by atoms with E-state index in [0.29, 0.717) is 38.9 Å². The first-order valence-electron chi connectivity index (χ1n) is 11.0. The zero-order chi connectivity index (χ0) is 23.7. The standard InChI is InChI=1S/C24H25ClN6O2S/c1-29-10-12-30(13-11-29)17-8-6-16(7-9-17)27-24-26-14-18-22(28-24)34-15-31(23(18)32)21-19(25)4-3-5-20(21)33-2/h3-9,14H,10-13,15H2,1-2H3,(H,26,27,28). The lowest BCUT2D eigenvalue weighted by atomic mass is 10.2. The van der Waals surface area contributed by atoms with Gasteiger partial charge in [0.05, 0.1) is 23.6 Å². The number of hydrogen-bond donors (Lipinski definition) is 1. The highest BCUT2D eigenvalue weighted by Gasteiger charge is 2.31. The van der Waals surface area contributed by atoms with Gasteiger partial charge in [-0.2, -0.15) is 0 Å². The van der Waals surface area contributed by atoms with Crippen molar-refractivity contribution in [2.45, 2.75) is 5.03 Å². The quantitative estimate of drug-likeness (QED) is 0.523. The molecule has 0 unspecified atom stereocenters. The van der Waals surface area contributed by atoms with Gasteiger partial charge in [-0.05, 0) is 43.4 Å². The second-order valence-electron chi connectivity index (χ2n) is 8.17. The lowest BCUT2D eigenvalue weighted by Gasteiger charge is -2.34. The van der Waals surface area contributed by atoms with Crippen molar-refractivity contribution in [2.24, 2.45) is 0 Å². The number of rotatable bonds is 5. The number of anilines is 4. The normalized spacial score (nSPS) is 16.4. The van der Waals surface area contributed by atoms with Crippen LogP contribution in [-0.2, 0) is 0 Å². The summed E-state index contributed by atoms with van der Waals surface area (Å²) in [4.78, 5) is 28.5. The smallest absolute Gasteiger partial charge is 0.263 e. The number of methoxy groups -OCH3 is 1. The summed E-state index contributed by atoms with van der Waals surface area (Å²) in [6, 6.07) is 13.6. The SMILES string of the molecule is COc1cccc(Cl)c1N1CSc2nc(Nc3ccc(N4CCN(C)CC4)cc3)ncc2C1=O. The average Bonchev–Trinajstić information content (AvgIpc) is 2.85. The highest BCUT2D eigenvalue weighted by molar-refractivity contribution is 7.99. The Balaban J connectivity index is 1.31. The number of nitrogens with zero attached hydrogens (tertiary/aromatic N) is 5. The van der Waals surface area contributed by atoms with E-state index in [0.717, 1.165) is 31.9 Å². The molecule has 1 saturated heterocycles. The van der Waals surface area contributed by atoms with Crippen LogP contribution < -0.4 is 19.9 Å². The van der Waals surface area contributed by atoms with Gasteiger partial charge in [0.15, 0.2) is 0 Å². The summed E-state index contributed by atoms with van der Waals surface area (Å²) in [5.41, 5.74) is 3.10. The molecule has 8 nitrogen and oxygen atoms in total. The number of ether oxygens (including phenoxy) is 1. The molecule has 2 aliphatic rings. The lowest BCUT2D eigenvalue weighted by molar-refractivity contribution is 0.0985. The summed E-state index contributed by atoms with van der Waals surface area (Å²) in [6.07, 6.45) is 1.56. The molecule has 1 amide bonds. The monoisotopic (exact) mass is 496 g/mol. The molecular formula is C24H25ClN6O2S. The highest BCUT2D eigenvalue weighted by atomic mass is 35.5. The second-order valence-corrected chi connectivity index (χ2v) is 9.51. The average molecular weight is 497 g/mol. The number of amides is 1. The molecule has 176 valence electrons. The van der Waals surface area contributed by atoms with Gasteiger partial charge in [-0.1, -0.05) is 29.4 Å². The minimum Gasteiger partial charge on any atom is -0.495 e. The van der Waals surface area contributed by atoms with Crippen molar-refractivity contribution >= 4 is 52.3 Å². The number of halogens is 1. The van der Waals surface area contributed by atoms with Gasteiger partial charge in [0.1, 0.15) is 16.5 Å². The van der Waals surface area contributed by atoms with Gasteiger partial charge < -0.3 is 19.9 Å². The van der Waals surface area contributed by atoms with Gasteiger partial charge in [-0.15, -0.1) is 0 Å². The van der Waals surface area contributed by atoms with Crippen LogP contribution in [0.4, 0.5) is 23.0 Å². The number of carbonyl (C=O) groups is 1. The molecule has 0 aliphatic carbocycles. The third-order valence-corrected chi connectivity index (χ3v) is 7.27. The first-order valence-corrected chi connectivity index (χ1v) is 12.3. The predicted molar refractivity (Wildman–Crippen MR) is 137 cm³/mol. The predicted octanol–water partition coefficient (Wildman–Crippen LogP) is 4.34. The number of piperazine rings is 1. The van der Waals surface area contributed by atoms with Crippen molar-refractivity contribution in [3.63, 3.8) is 0 Å². The fourth-order valence-corrected chi connectivity index (χ4v) is 5.26. The largest absolute Gasteiger partial charge is 0.495 e. The highest BCUT2D eigenvalue weighted by Crippen LogP contribution is 2.40. The van der Waals surface area contributed by atoms with Crippen molar-refractivity contribution in [3.05, 3.63) is 59.2 Å². The maximum absolute atomic E-state index is 13.2. The van der Waals surface area contributed by atoms with Crippen LogP contribution in [0.15, 0.2) is 53.7 Å².